The molecule has 0 aliphatic carbocycles. The third-order valence-corrected chi connectivity index (χ3v) is 6.78. The Hall–Kier alpha value is -2.04. The van der Waals surface area contributed by atoms with Crippen LogP contribution in [0.25, 0.3) is 0 Å². The third kappa shape index (κ3) is 6.47. The van der Waals surface area contributed by atoms with Crippen LogP contribution in [-0.4, -0.2) is 50.8 Å². The Morgan fingerprint density at radius 2 is 1.94 bits per heavy atom. The molecule has 0 radical (unpaired) electrons. The van der Waals surface area contributed by atoms with Crippen molar-refractivity contribution in [3.63, 3.8) is 0 Å². The Morgan fingerprint density at radius 3 is 2.61 bits per heavy atom. The molecule has 1 aliphatic rings. The van der Waals surface area contributed by atoms with Gasteiger partial charge in [0.15, 0.2) is 0 Å². The van der Waals surface area contributed by atoms with Crippen LogP contribution in [0, 0.1) is 5.82 Å². The zero-order chi connectivity index (χ0) is 22.4. The largest absolute Gasteiger partial charge is 0.394 e. The summed E-state index contributed by atoms with van der Waals surface area (Å²) in [7, 11) is -3.69. The quantitative estimate of drug-likeness (QED) is 0.549. The summed E-state index contributed by atoms with van der Waals surface area (Å²) in [6.07, 6.45) is 0.675. The molecule has 31 heavy (non-hydrogen) atoms. The standard InChI is InChI=1S/C21H24ClFN2O5S/c22-15-2-1-3-18(12-15)31(28,29)24-11-10-17-8-9-19(20(13-26)30-17)25-21(27)14-4-6-16(23)7-5-14/h1-7,12,17,19-20,24,26H,8-11,13H2,(H,25,27)/t17-,19+,20-/m1/s1. The van der Waals surface area contributed by atoms with Gasteiger partial charge < -0.3 is 15.2 Å². The zero-order valence-electron chi connectivity index (χ0n) is 16.6. The second-order valence-electron chi connectivity index (χ2n) is 7.29. The first-order valence-electron chi connectivity index (χ1n) is 9.86. The molecule has 0 aromatic heterocycles. The molecule has 0 unspecified atom stereocenters. The molecule has 168 valence electrons. The maximum Gasteiger partial charge on any atom is 0.251 e. The van der Waals surface area contributed by atoms with Crippen molar-refractivity contribution in [1.29, 1.82) is 0 Å². The highest BCUT2D eigenvalue weighted by Gasteiger charge is 2.32. The highest BCUT2D eigenvalue weighted by molar-refractivity contribution is 7.89. The highest BCUT2D eigenvalue weighted by Crippen LogP contribution is 2.22. The van der Waals surface area contributed by atoms with Gasteiger partial charge in [0.2, 0.25) is 10.0 Å². The van der Waals surface area contributed by atoms with E-state index in [-0.39, 0.29) is 30.1 Å². The van der Waals surface area contributed by atoms with E-state index >= 15 is 0 Å². The van der Waals surface area contributed by atoms with Gasteiger partial charge in [0.05, 0.1) is 23.6 Å². The van der Waals surface area contributed by atoms with E-state index in [4.69, 9.17) is 16.3 Å². The number of aliphatic hydroxyl groups excluding tert-OH is 1. The van der Waals surface area contributed by atoms with Gasteiger partial charge in [0, 0.05) is 17.1 Å². The summed E-state index contributed by atoms with van der Waals surface area (Å²) in [6.45, 7) is -0.136. The van der Waals surface area contributed by atoms with Gasteiger partial charge in [-0.15, -0.1) is 0 Å². The van der Waals surface area contributed by atoms with Crippen LogP contribution in [0.2, 0.25) is 5.02 Å². The van der Waals surface area contributed by atoms with E-state index in [9.17, 15) is 22.7 Å². The lowest BCUT2D eigenvalue weighted by Gasteiger charge is -2.36. The van der Waals surface area contributed by atoms with Crippen molar-refractivity contribution in [1.82, 2.24) is 10.0 Å². The van der Waals surface area contributed by atoms with E-state index in [1.165, 1.54) is 36.4 Å². The van der Waals surface area contributed by atoms with Crippen molar-refractivity contribution in [3.05, 3.63) is 64.9 Å². The van der Waals surface area contributed by atoms with E-state index in [0.29, 0.717) is 29.8 Å². The summed E-state index contributed by atoms with van der Waals surface area (Å²) in [6, 6.07) is 10.8. The Morgan fingerprint density at radius 1 is 1.19 bits per heavy atom. The number of amides is 1. The van der Waals surface area contributed by atoms with Gasteiger partial charge in [-0.1, -0.05) is 17.7 Å². The van der Waals surface area contributed by atoms with Crippen LogP contribution in [-0.2, 0) is 14.8 Å². The van der Waals surface area contributed by atoms with Gasteiger partial charge in [-0.3, -0.25) is 4.79 Å². The molecule has 2 aromatic rings. The molecule has 1 aliphatic heterocycles. The van der Waals surface area contributed by atoms with Crippen molar-refractivity contribution in [2.24, 2.45) is 0 Å². The number of ether oxygens (including phenoxy) is 1. The van der Waals surface area contributed by atoms with Crippen LogP contribution in [0.5, 0.6) is 0 Å². The average Bonchev–Trinajstić information content (AvgIpc) is 2.75. The van der Waals surface area contributed by atoms with Gasteiger partial charge >= 0.3 is 0 Å². The van der Waals surface area contributed by atoms with Crippen molar-refractivity contribution in [2.75, 3.05) is 13.2 Å². The molecule has 1 saturated heterocycles. The van der Waals surface area contributed by atoms with Crippen molar-refractivity contribution in [3.8, 4) is 0 Å². The first-order valence-corrected chi connectivity index (χ1v) is 11.7. The molecular formula is C21H24ClFN2O5S. The van der Waals surface area contributed by atoms with E-state index in [1.54, 1.807) is 12.1 Å². The van der Waals surface area contributed by atoms with Crippen LogP contribution in [0.3, 0.4) is 0 Å². The molecule has 1 fully saturated rings. The van der Waals surface area contributed by atoms with Gasteiger partial charge in [-0.2, -0.15) is 0 Å². The summed E-state index contributed by atoms with van der Waals surface area (Å²) < 4.78 is 46.1. The molecule has 0 saturated carbocycles. The van der Waals surface area contributed by atoms with Crippen molar-refractivity contribution < 1.29 is 27.4 Å². The number of hydrogen-bond donors (Lipinski definition) is 3. The number of hydrogen-bond acceptors (Lipinski definition) is 5. The lowest BCUT2D eigenvalue weighted by molar-refractivity contribution is -0.0891. The van der Waals surface area contributed by atoms with Crippen LogP contribution in [0.15, 0.2) is 53.4 Å². The minimum absolute atomic E-state index is 0.0846. The van der Waals surface area contributed by atoms with E-state index in [0.717, 1.165) is 0 Å². The smallest absolute Gasteiger partial charge is 0.251 e. The number of nitrogens with one attached hydrogen (secondary N) is 2. The van der Waals surface area contributed by atoms with Crippen LogP contribution >= 0.6 is 11.6 Å². The van der Waals surface area contributed by atoms with Crippen molar-refractivity contribution in [2.45, 2.75) is 42.4 Å². The fourth-order valence-electron chi connectivity index (χ4n) is 3.43. The molecule has 10 heteroatoms. The van der Waals surface area contributed by atoms with E-state index in [1.807, 2.05) is 0 Å². The number of halogens is 2. The Bertz CT molecular complexity index is 1000. The predicted molar refractivity (Wildman–Crippen MR) is 114 cm³/mol. The normalized spacial score (nSPS) is 21.6. The third-order valence-electron chi connectivity index (χ3n) is 5.08. The molecule has 1 heterocycles. The maximum absolute atomic E-state index is 13.0. The minimum atomic E-state index is -3.69. The molecule has 1 amide bonds. The average molecular weight is 471 g/mol. The Balaban J connectivity index is 1.50. The van der Waals surface area contributed by atoms with E-state index in [2.05, 4.69) is 10.0 Å². The van der Waals surface area contributed by atoms with Crippen LogP contribution in [0.1, 0.15) is 29.6 Å². The second-order valence-corrected chi connectivity index (χ2v) is 9.49. The molecule has 3 N–H and O–H groups in total. The number of carbonyl (C=O) groups excluding carboxylic acids is 1. The molecule has 7 nitrogen and oxygen atoms in total. The summed E-state index contributed by atoms with van der Waals surface area (Å²) >= 11 is 5.85. The molecule has 3 rings (SSSR count). The summed E-state index contributed by atoms with van der Waals surface area (Å²) in [5.74, 6) is -0.806. The number of aliphatic hydroxyl groups is 1. The maximum atomic E-state index is 13.0. The summed E-state index contributed by atoms with van der Waals surface area (Å²) in [4.78, 5) is 12.4. The van der Waals surface area contributed by atoms with E-state index < -0.39 is 28.0 Å². The minimum Gasteiger partial charge on any atom is -0.394 e. The van der Waals surface area contributed by atoms with Gasteiger partial charge in [0.25, 0.3) is 5.91 Å². The van der Waals surface area contributed by atoms with Gasteiger partial charge in [0.1, 0.15) is 11.9 Å². The zero-order valence-corrected chi connectivity index (χ0v) is 18.2. The molecule has 2 aromatic carbocycles. The first-order chi connectivity index (χ1) is 14.8. The lowest BCUT2D eigenvalue weighted by atomic mass is 9.97. The number of sulfonamides is 1. The Kier molecular flexibility index (Phi) is 8.01. The number of benzene rings is 2. The molecular weight excluding hydrogens is 447 g/mol. The van der Waals surface area contributed by atoms with Crippen LogP contribution < -0.4 is 10.0 Å². The number of rotatable bonds is 8. The molecule has 3 atom stereocenters. The molecule has 0 bridgehead atoms. The SMILES string of the molecule is O=C(N[C@H]1CC[C@H](CCNS(=O)(=O)c2cccc(Cl)c2)O[C@@H]1CO)c1ccc(F)cc1. The fraction of sp³-hybridized carbons (Fsp3) is 0.381. The van der Waals surface area contributed by atoms with Crippen LogP contribution in [0.4, 0.5) is 4.39 Å². The topological polar surface area (TPSA) is 105 Å². The predicted octanol–water partition coefficient (Wildman–Crippen LogP) is 2.49. The first kappa shape index (κ1) is 23.6. The summed E-state index contributed by atoms with van der Waals surface area (Å²) in [5, 5.41) is 12.8. The monoisotopic (exact) mass is 470 g/mol. The second kappa shape index (κ2) is 10.5. The highest BCUT2D eigenvalue weighted by atomic mass is 35.5. The number of carbonyl (C=O) groups is 1. The lowest BCUT2D eigenvalue weighted by Crippen LogP contribution is -2.51. The molecule has 0 spiro atoms. The Labute approximate surface area is 185 Å². The van der Waals surface area contributed by atoms with Gasteiger partial charge in [-0.05, 0) is 61.7 Å². The van der Waals surface area contributed by atoms with Gasteiger partial charge in [-0.25, -0.2) is 17.5 Å². The fourth-order valence-corrected chi connectivity index (χ4v) is 4.78. The van der Waals surface area contributed by atoms with Crippen molar-refractivity contribution >= 4 is 27.5 Å². The summed E-state index contributed by atoms with van der Waals surface area (Å²) in [5.41, 5.74) is 0.315.